The fourth-order valence-electron chi connectivity index (χ4n) is 2.79. The summed E-state index contributed by atoms with van der Waals surface area (Å²) in [6.45, 7) is 3.37. The number of cyclic esters (lactones) is 1. The first-order valence-corrected chi connectivity index (χ1v) is 7.40. The van der Waals surface area contributed by atoms with Gasteiger partial charge in [0.15, 0.2) is 0 Å². The maximum absolute atomic E-state index is 14.4. The summed E-state index contributed by atoms with van der Waals surface area (Å²) in [5.41, 5.74) is 1.01. The van der Waals surface area contributed by atoms with E-state index in [9.17, 15) is 9.18 Å². The van der Waals surface area contributed by atoms with E-state index in [2.05, 4.69) is 4.90 Å². The first-order chi connectivity index (χ1) is 10.6. The van der Waals surface area contributed by atoms with Gasteiger partial charge in [-0.2, -0.15) is 0 Å². The lowest BCUT2D eigenvalue weighted by Crippen LogP contribution is -2.44. The lowest BCUT2D eigenvalue weighted by Gasteiger charge is -2.34. The van der Waals surface area contributed by atoms with Gasteiger partial charge in [-0.05, 0) is 25.2 Å². The van der Waals surface area contributed by atoms with Crippen molar-refractivity contribution in [3.05, 3.63) is 24.0 Å². The normalized spacial score (nSPS) is 23.0. The summed E-state index contributed by atoms with van der Waals surface area (Å²) in [4.78, 5) is 17.3. The van der Waals surface area contributed by atoms with Gasteiger partial charge in [0.05, 0.1) is 24.5 Å². The van der Waals surface area contributed by atoms with Crippen LogP contribution in [-0.4, -0.2) is 68.6 Å². The number of aliphatic hydroxyl groups is 1. The highest BCUT2D eigenvalue weighted by Crippen LogP contribution is 2.28. The van der Waals surface area contributed by atoms with Crippen LogP contribution >= 0.6 is 0 Å². The van der Waals surface area contributed by atoms with Crippen LogP contribution in [0.15, 0.2) is 18.2 Å². The summed E-state index contributed by atoms with van der Waals surface area (Å²) < 4.78 is 19.4. The van der Waals surface area contributed by atoms with Crippen molar-refractivity contribution < 1.29 is 19.0 Å². The minimum Gasteiger partial charge on any atom is -0.441 e. The molecule has 1 aromatic carbocycles. The topological polar surface area (TPSA) is 56.3 Å². The number of amides is 1. The number of rotatable bonds is 3. The monoisotopic (exact) mass is 309 g/mol. The minimum absolute atomic E-state index is 0.232. The number of carbonyl (C=O) groups is 1. The van der Waals surface area contributed by atoms with Gasteiger partial charge in [-0.1, -0.05) is 0 Å². The van der Waals surface area contributed by atoms with Gasteiger partial charge in [0.25, 0.3) is 0 Å². The molecule has 2 aliphatic heterocycles. The van der Waals surface area contributed by atoms with E-state index in [1.54, 1.807) is 12.1 Å². The smallest absolute Gasteiger partial charge is 0.414 e. The Hall–Kier alpha value is -1.86. The van der Waals surface area contributed by atoms with Crippen LogP contribution in [0, 0.1) is 5.82 Å². The summed E-state index contributed by atoms with van der Waals surface area (Å²) in [5, 5.41) is 9.05. The SMILES string of the molecule is CN1CCN(c2ccc(N3C[C@H](CO)OC3=O)cc2F)CC1. The largest absolute Gasteiger partial charge is 0.441 e. The molecule has 7 heteroatoms. The number of hydrogen-bond acceptors (Lipinski definition) is 5. The highest BCUT2D eigenvalue weighted by Gasteiger charge is 2.32. The van der Waals surface area contributed by atoms with Crippen LogP contribution < -0.4 is 9.80 Å². The predicted molar refractivity (Wildman–Crippen MR) is 80.8 cm³/mol. The van der Waals surface area contributed by atoms with Gasteiger partial charge in [0.1, 0.15) is 11.9 Å². The molecule has 2 fully saturated rings. The second-order valence-corrected chi connectivity index (χ2v) is 5.72. The van der Waals surface area contributed by atoms with Gasteiger partial charge in [-0.15, -0.1) is 0 Å². The fraction of sp³-hybridized carbons (Fsp3) is 0.533. The third-order valence-corrected chi connectivity index (χ3v) is 4.16. The van der Waals surface area contributed by atoms with Gasteiger partial charge in [0.2, 0.25) is 0 Å². The average molecular weight is 309 g/mol. The zero-order valence-electron chi connectivity index (χ0n) is 12.5. The Morgan fingerprint density at radius 2 is 2.05 bits per heavy atom. The van der Waals surface area contributed by atoms with Crippen molar-refractivity contribution in [3.63, 3.8) is 0 Å². The van der Waals surface area contributed by atoms with E-state index in [0.29, 0.717) is 11.4 Å². The summed E-state index contributed by atoms with van der Waals surface area (Å²) >= 11 is 0. The van der Waals surface area contributed by atoms with Gasteiger partial charge >= 0.3 is 6.09 Å². The molecule has 120 valence electrons. The van der Waals surface area contributed by atoms with E-state index in [0.717, 1.165) is 26.2 Å². The Morgan fingerprint density at radius 1 is 1.32 bits per heavy atom. The summed E-state index contributed by atoms with van der Waals surface area (Å²) in [6.07, 6.45) is -1.10. The molecule has 0 saturated carbocycles. The summed E-state index contributed by atoms with van der Waals surface area (Å²) in [7, 11) is 2.05. The molecule has 2 aliphatic rings. The maximum Gasteiger partial charge on any atom is 0.414 e. The minimum atomic E-state index is -0.550. The second kappa shape index (κ2) is 6.10. The molecule has 0 radical (unpaired) electrons. The van der Waals surface area contributed by atoms with Crippen molar-refractivity contribution in [2.24, 2.45) is 0 Å². The van der Waals surface area contributed by atoms with E-state index in [4.69, 9.17) is 9.84 Å². The Labute approximate surface area is 128 Å². The third kappa shape index (κ3) is 2.86. The van der Waals surface area contributed by atoms with Gasteiger partial charge in [-0.3, -0.25) is 4.90 Å². The number of benzene rings is 1. The standard InChI is InChI=1S/C15H20FN3O3/c1-17-4-6-18(7-5-17)14-3-2-11(8-13(14)16)19-9-12(10-20)22-15(19)21/h2-3,8,12,20H,4-7,9-10H2,1H3/t12-/m1/s1. The first-order valence-electron chi connectivity index (χ1n) is 7.40. The van der Waals surface area contributed by atoms with E-state index < -0.39 is 12.2 Å². The van der Waals surface area contributed by atoms with E-state index in [1.807, 2.05) is 11.9 Å². The molecular weight excluding hydrogens is 289 g/mol. The molecule has 0 aliphatic carbocycles. The lowest BCUT2D eigenvalue weighted by atomic mass is 10.2. The number of nitrogens with zero attached hydrogens (tertiary/aromatic N) is 3. The maximum atomic E-state index is 14.4. The van der Waals surface area contributed by atoms with Crippen molar-refractivity contribution in [1.29, 1.82) is 0 Å². The molecule has 2 saturated heterocycles. The highest BCUT2D eigenvalue weighted by molar-refractivity contribution is 5.90. The van der Waals surface area contributed by atoms with Crippen LogP contribution in [0.4, 0.5) is 20.6 Å². The van der Waals surface area contributed by atoms with Crippen LogP contribution in [0.2, 0.25) is 0 Å². The number of ether oxygens (including phenoxy) is 1. The third-order valence-electron chi connectivity index (χ3n) is 4.16. The molecular formula is C15H20FN3O3. The Morgan fingerprint density at radius 3 is 2.64 bits per heavy atom. The Bertz CT molecular complexity index is 561. The van der Waals surface area contributed by atoms with Gasteiger partial charge < -0.3 is 19.6 Å². The first kappa shape index (κ1) is 15.1. The molecule has 0 spiro atoms. The Balaban J connectivity index is 1.76. The number of hydrogen-bond donors (Lipinski definition) is 1. The number of anilines is 2. The molecule has 3 rings (SSSR count). The molecule has 0 bridgehead atoms. The zero-order valence-corrected chi connectivity index (χ0v) is 12.5. The van der Waals surface area contributed by atoms with Crippen molar-refractivity contribution in [2.45, 2.75) is 6.10 Å². The highest BCUT2D eigenvalue weighted by atomic mass is 19.1. The number of carbonyl (C=O) groups excluding carboxylic acids is 1. The molecule has 2 heterocycles. The van der Waals surface area contributed by atoms with Crippen LogP contribution in [0.1, 0.15) is 0 Å². The molecule has 1 amide bonds. The van der Waals surface area contributed by atoms with Crippen molar-refractivity contribution in [2.75, 3.05) is 56.2 Å². The van der Waals surface area contributed by atoms with Crippen molar-refractivity contribution in [3.8, 4) is 0 Å². The van der Waals surface area contributed by atoms with Crippen LogP contribution in [-0.2, 0) is 4.74 Å². The molecule has 0 aromatic heterocycles. The zero-order chi connectivity index (χ0) is 15.7. The Kier molecular flexibility index (Phi) is 4.17. The number of likely N-dealkylation sites (N-methyl/N-ethyl adjacent to an activating group) is 1. The quantitative estimate of drug-likeness (QED) is 0.899. The number of aliphatic hydroxyl groups excluding tert-OH is 1. The summed E-state index contributed by atoms with van der Waals surface area (Å²) in [5.74, 6) is -0.345. The van der Waals surface area contributed by atoms with Gasteiger partial charge in [0, 0.05) is 26.2 Å². The molecule has 22 heavy (non-hydrogen) atoms. The van der Waals surface area contributed by atoms with Crippen molar-refractivity contribution in [1.82, 2.24) is 4.90 Å². The molecule has 1 aromatic rings. The average Bonchev–Trinajstić information content (AvgIpc) is 2.89. The molecule has 1 N–H and O–H groups in total. The van der Waals surface area contributed by atoms with Crippen LogP contribution in [0.5, 0.6) is 0 Å². The van der Waals surface area contributed by atoms with Crippen molar-refractivity contribution >= 4 is 17.5 Å². The molecule has 1 atom stereocenters. The van der Waals surface area contributed by atoms with E-state index in [1.165, 1.54) is 11.0 Å². The summed E-state index contributed by atoms with van der Waals surface area (Å²) in [6, 6.07) is 4.78. The molecule has 0 unspecified atom stereocenters. The lowest BCUT2D eigenvalue weighted by molar-refractivity contribution is 0.0963. The fourth-order valence-corrected chi connectivity index (χ4v) is 2.79. The number of halogens is 1. The van der Waals surface area contributed by atoms with Gasteiger partial charge in [-0.25, -0.2) is 9.18 Å². The number of piperazine rings is 1. The van der Waals surface area contributed by atoms with E-state index in [-0.39, 0.29) is 19.0 Å². The van der Waals surface area contributed by atoms with E-state index >= 15 is 0 Å². The van der Waals surface area contributed by atoms with Crippen LogP contribution in [0.3, 0.4) is 0 Å². The second-order valence-electron chi connectivity index (χ2n) is 5.72. The molecule has 6 nitrogen and oxygen atoms in total. The predicted octanol–water partition coefficient (Wildman–Crippen LogP) is 0.895. The van der Waals surface area contributed by atoms with Crippen LogP contribution in [0.25, 0.3) is 0 Å².